The van der Waals surface area contributed by atoms with E-state index in [1.807, 2.05) is 0 Å². The van der Waals surface area contributed by atoms with Crippen LogP contribution in [0.1, 0.15) is 54.9 Å². The van der Waals surface area contributed by atoms with Gasteiger partial charge in [-0.15, -0.1) is 0 Å². The molecule has 0 aromatic carbocycles. The van der Waals surface area contributed by atoms with Gasteiger partial charge in [0.25, 0.3) is 0 Å². The van der Waals surface area contributed by atoms with Crippen molar-refractivity contribution in [2.45, 2.75) is 60.4 Å². The molecule has 0 bridgehead atoms. The fraction of sp³-hybridized carbons (Fsp3) is 1.00. The van der Waals surface area contributed by atoms with Gasteiger partial charge in [-0.1, -0.05) is 27.7 Å². The Kier molecular flexibility index (Phi) is 6.57. The Morgan fingerprint density at radius 3 is 1.88 bits per heavy atom. The third-order valence-electron chi connectivity index (χ3n) is 3.19. The second-order valence-corrected chi connectivity index (χ2v) is 6.98. The molecule has 0 aliphatic rings. The van der Waals surface area contributed by atoms with Crippen molar-refractivity contribution in [2.24, 2.45) is 11.3 Å². The monoisotopic (exact) mass is 228 g/mol. The van der Waals surface area contributed by atoms with Gasteiger partial charge >= 0.3 is 0 Å². The number of hydrogen-bond donors (Lipinski definition) is 2. The second-order valence-electron chi connectivity index (χ2n) is 6.98. The lowest BCUT2D eigenvalue weighted by Crippen LogP contribution is -2.40. The fourth-order valence-corrected chi connectivity index (χ4v) is 1.40. The highest BCUT2D eigenvalue weighted by atomic mass is 15.0. The van der Waals surface area contributed by atoms with Gasteiger partial charge in [0.1, 0.15) is 0 Å². The molecule has 1 atom stereocenters. The van der Waals surface area contributed by atoms with E-state index in [4.69, 9.17) is 0 Å². The van der Waals surface area contributed by atoms with E-state index in [9.17, 15) is 0 Å². The lowest BCUT2D eigenvalue weighted by molar-refractivity contribution is 0.245. The molecule has 0 aliphatic carbocycles. The molecule has 0 aromatic heterocycles. The van der Waals surface area contributed by atoms with E-state index in [1.165, 1.54) is 6.42 Å². The summed E-state index contributed by atoms with van der Waals surface area (Å²) >= 11 is 0. The summed E-state index contributed by atoms with van der Waals surface area (Å²) in [7, 11) is 0. The van der Waals surface area contributed by atoms with Crippen molar-refractivity contribution in [1.29, 1.82) is 0 Å². The zero-order chi connectivity index (χ0) is 12.8. The molecule has 0 spiro atoms. The average molecular weight is 228 g/mol. The molecule has 2 N–H and O–H groups in total. The maximum absolute atomic E-state index is 3.50. The van der Waals surface area contributed by atoms with E-state index in [-0.39, 0.29) is 5.54 Å². The number of rotatable bonds is 6. The summed E-state index contributed by atoms with van der Waals surface area (Å²) in [6.07, 6.45) is 1.26. The van der Waals surface area contributed by atoms with Crippen LogP contribution in [0.5, 0.6) is 0 Å². The molecule has 16 heavy (non-hydrogen) atoms. The van der Waals surface area contributed by atoms with Crippen molar-refractivity contribution in [3.8, 4) is 0 Å². The fourth-order valence-electron chi connectivity index (χ4n) is 1.40. The lowest BCUT2D eigenvalue weighted by atomic mass is 9.80. The van der Waals surface area contributed by atoms with Gasteiger partial charge in [-0.2, -0.15) is 0 Å². The summed E-state index contributed by atoms with van der Waals surface area (Å²) in [6, 6.07) is 0. The van der Waals surface area contributed by atoms with Gasteiger partial charge in [0.2, 0.25) is 0 Å². The van der Waals surface area contributed by atoms with E-state index in [0.717, 1.165) is 25.6 Å². The van der Waals surface area contributed by atoms with Crippen LogP contribution in [-0.4, -0.2) is 25.2 Å². The van der Waals surface area contributed by atoms with Gasteiger partial charge < -0.3 is 10.6 Å². The molecule has 0 amide bonds. The Bertz CT molecular complexity index is 174. The van der Waals surface area contributed by atoms with Crippen LogP contribution >= 0.6 is 0 Å². The van der Waals surface area contributed by atoms with Crippen LogP contribution in [0.15, 0.2) is 0 Å². The standard InChI is InChI=1S/C14H32N2/c1-12(13(2,3)4)8-9-15-10-11-16-14(5,6)7/h12,15-16H,8-11H2,1-7H3. The summed E-state index contributed by atoms with van der Waals surface area (Å²) in [4.78, 5) is 0. The highest BCUT2D eigenvalue weighted by Crippen LogP contribution is 2.27. The minimum absolute atomic E-state index is 0.236. The zero-order valence-corrected chi connectivity index (χ0v) is 12.4. The molecule has 98 valence electrons. The first-order valence-corrected chi connectivity index (χ1v) is 6.58. The van der Waals surface area contributed by atoms with Crippen molar-refractivity contribution < 1.29 is 0 Å². The van der Waals surface area contributed by atoms with Crippen molar-refractivity contribution >= 4 is 0 Å². The molecule has 0 rings (SSSR count). The minimum Gasteiger partial charge on any atom is -0.315 e. The molecule has 0 saturated heterocycles. The topological polar surface area (TPSA) is 24.1 Å². The van der Waals surface area contributed by atoms with E-state index in [0.29, 0.717) is 5.41 Å². The van der Waals surface area contributed by atoms with Crippen molar-refractivity contribution in [3.05, 3.63) is 0 Å². The van der Waals surface area contributed by atoms with Gasteiger partial charge in [0, 0.05) is 18.6 Å². The Balaban J connectivity index is 3.41. The Hall–Kier alpha value is -0.0800. The van der Waals surface area contributed by atoms with Crippen molar-refractivity contribution in [2.75, 3.05) is 19.6 Å². The lowest BCUT2D eigenvalue weighted by Gasteiger charge is -2.27. The van der Waals surface area contributed by atoms with Gasteiger partial charge in [-0.25, -0.2) is 0 Å². The quantitative estimate of drug-likeness (QED) is 0.683. The largest absolute Gasteiger partial charge is 0.315 e. The van der Waals surface area contributed by atoms with E-state index in [1.54, 1.807) is 0 Å². The number of nitrogens with one attached hydrogen (secondary N) is 2. The Morgan fingerprint density at radius 1 is 0.875 bits per heavy atom. The second kappa shape index (κ2) is 6.61. The summed E-state index contributed by atoms with van der Waals surface area (Å²) in [5.74, 6) is 0.774. The Morgan fingerprint density at radius 2 is 1.44 bits per heavy atom. The maximum Gasteiger partial charge on any atom is 0.00970 e. The van der Waals surface area contributed by atoms with Gasteiger partial charge in [0.15, 0.2) is 0 Å². The molecule has 0 aliphatic heterocycles. The smallest absolute Gasteiger partial charge is 0.00970 e. The first kappa shape index (κ1) is 15.9. The zero-order valence-electron chi connectivity index (χ0n) is 12.4. The van der Waals surface area contributed by atoms with Crippen LogP contribution < -0.4 is 10.6 Å². The molecule has 2 nitrogen and oxygen atoms in total. The molecular formula is C14H32N2. The molecule has 0 aromatic rings. The summed E-state index contributed by atoms with van der Waals surface area (Å²) < 4.78 is 0. The SMILES string of the molecule is CC(CCNCCNC(C)(C)C)C(C)(C)C. The van der Waals surface area contributed by atoms with Gasteiger partial charge in [-0.05, 0) is 45.1 Å². The summed E-state index contributed by atoms with van der Waals surface area (Å²) in [5, 5.41) is 6.98. The van der Waals surface area contributed by atoms with Crippen LogP contribution in [0, 0.1) is 11.3 Å². The third-order valence-corrected chi connectivity index (χ3v) is 3.19. The molecule has 0 fully saturated rings. The highest BCUT2D eigenvalue weighted by molar-refractivity contribution is 4.72. The van der Waals surface area contributed by atoms with Crippen LogP contribution in [0.3, 0.4) is 0 Å². The summed E-state index contributed by atoms with van der Waals surface area (Å²) in [6.45, 7) is 19.1. The average Bonchev–Trinajstić information content (AvgIpc) is 2.07. The predicted octanol–water partition coefficient (Wildman–Crippen LogP) is 3.04. The van der Waals surface area contributed by atoms with Crippen LogP contribution in [-0.2, 0) is 0 Å². The summed E-state index contributed by atoms with van der Waals surface area (Å²) in [5.41, 5.74) is 0.672. The van der Waals surface area contributed by atoms with E-state index < -0.39 is 0 Å². The molecular weight excluding hydrogens is 196 g/mol. The molecule has 0 heterocycles. The first-order chi connectivity index (χ1) is 7.13. The van der Waals surface area contributed by atoms with Gasteiger partial charge in [-0.3, -0.25) is 0 Å². The normalized spacial score (nSPS) is 15.2. The predicted molar refractivity (Wildman–Crippen MR) is 73.9 cm³/mol. The maximum atomic E-state index is 3.50. The Labute approximate surface area is 103 Å². The number of hydrogen-bond acceptors (Lipinski definition) is 2. The van der Waals surface area contributed by atoms with E-state index in [2.05, 4.69) is 59.1 Å². The molecule has 1 unspecified atom stereocenters. The van der Waals surface area contributed by atoms with Gasteiger partial charge in [0.05, 0.1) is 0 Å². The van der Waals surface area contributed by atoms with Crippen LogP contribution in [0.25, 0.3) is 0 Å². The van der Waals surface area contributed by atoms with E-state index >= 15 is 0 Å². The molecule has 0 radical (unpaired) electrons. The minimum atomic E-state index is 0.236. The third kappa shape index (κ3) is 9.17. The van der Waals surface area contributed by atoms with Crippen molar-refractivity contribution in [1.82, 2.24) is 10.6 Å². The molecule has 0 saturated carbocycles. The van der Waals surface area contributed by atoms with Crippen LogP contribution in [0.2, 0.25) is 0 Å². The van der Waals surface area contributed by atoms with Crippen molar-refractivity contribution in [3.63, 3.8) is 0 Å². The molecule has 2 heteroatoms. The highest BCUT2D eigenvalue weighted by Gasteiger charge is 2.18. The van der Waals surface area contributed by atoms with Crippen LogP contribution in [0.4, 0.5) is 0 Å². The first-order valence-electron chi connectivity index (χ1n) is 6.58.